The van der Waals surface area contributed by atoms with E-state index in [0.29, 0.717) is 0 Å². The Morgan fingerprint density at radius 3 is 2.42 bits per heavy atom. The summed E-state index contributed by atoms with van der Waals surface area (Å²) in [5.41, 5.74) is 6.35. The van der Waals surface area contributed by atoms with Gasteiger partial charge >= 0.3 is 0 Å². The number of benzene rings is 2. The van der Waals surface area contributed by atoms with Gasteiger partial charge in [-0.15, -0.1) is 0 Å². The first-order chi connectivity index (χ1) is 12.7. The third kappa shape index (κ3) is 3.55. The molecular formula is C22H24ClN3. The highest BCUT2D eigenvalue weighted by Crippen LogP contribution is 2.29. The molecule has 2 aromatic carbocycles. The molecule has 26 heavy (non-hydrogen) atoms. The monoisotopic (exact) mass is 365 g/mol. The zero-order valence-corrected chi connectivity index (χ0v) is 15.9. The zero-order chi connectivity index (χ0) is 17.9. The van der Waals surface area contributed by atoms with Crippen molar-refractivity contribution >= 4 is 11.6 Å². The Balaban J connectivity index is 1.76. The number of halogens is 1. The van der Waals surface area contributed by atoms with E-state index in [9.17, 15) is 0 Å². The summed E-state index contributed by atoms with van der Waals surface area (Å²) in [5, 5.41) is 5.80. The van der Waals surface area contributed by atoms with Crippen LogP contribution in [-0.4, -0.2) is 34.3 Å². The quantitative estimate of drug-likeness (QED) is 0.669. The first-order valence-corrected chi connectivity index (χ1v) is 9.73. The number of fused-ring (bicyclic) bond motifs is 1. The van der Waals surface area contributed by atoms with Crippen LogP contribution in [0.25, 0.3) is 11.3 Å². The highest BCUT2D eigenvalue weighted by atomic mass is 35.5. The summed E-state index contributed by atoms with van der Waals surface area (Å²) in [5.74, 6) is 0. The maximum atomic E-state index is 6.09. The molecular weight excluding hydrogens is 342 g/mol. The van der Waals surface area contributed by atoms with Gasteiger partial charge in [-0.25, -0.2) is 0 Å². The Bertz CT molecular complexity index is 868. The van der Waals surface area contributed by atoms with E-state index in [-0.39, 0.29) is 0 Å². The topological polar surface area (TPSA) is 21.1 Å². The molecule has 0 bridgehead atoms. The normalized spacial score (nSPS) is 14.8. The zero-order valence-electron chi connectivity index (χ0n) is 15.2. The van der Waals surface area contributed by atoms with E-state index in [1.165, 1.54) is 16.8 Å². The minimum Gasteiger partial charge on any atom is -0.303 e. The maximum Gasteiger partial charge on any atom is 0.0958 e. The van der Waals surface area contributed by atoms with Crippen LogP contribution in [0.1, 0.15) is 23.7 Å². The van der Waals surface area contributed by atoms with Crippen LogP contribution in [0.4, 0.5) is 0 Å². The van der Waals surface area contributed by atoms with Crippen molar-refractivity contribution in [3.8, 4) is 11.3 Å². The van der Waals surface area contributed by atoms with E-state index in [4.69, 9.17) is 16.7 Å². The second-order valence-electron chi connectivity index (χ2n) is 6.86. The van der Waals surface area contributed by atoms with Crippen molar-refractivity contribution in [3.63, 3.8) is 0 Å². The van der Waals surface area contributed by atoms with Gasteiger partial charge in [-0.1, -0.05) is 61.0 Å². The second kappa shape index (κ2) is 7.65. The van der Waals surface area contributed by atoms with Gasteiger partial charge in [0, 0.05) is 41.4 Å². The van der Waals surface area contributed by atoms with Crippen molar-refractivity contribution in [3.05, 3.63) is 76.4 Å². The molecule has 0 N–H and O–H groups in total. The molecule has 0 aliphatic carbocycles. The number of nitrogens with zero attached hydrogens (tertiary/aromatic N) is 3. The third-order valence-electron chi connectivity index (χ3n) is 5.25. The minimum atomic E-state index is 0.765. The lowest BCUT2D eigenvalue weighted by Crippen LogP contribution is -2.26. The molecule has 0 saturated carbocycles. The number of likely N-dealkylation sites (N-methyl/N-ethyl adjacent to an activating group) is 1. The van der Waals surface area contributed by atoms with Crippen LogP contribution in [0.2, 0.25) is 5.02 Å². The van der Waals surface area contributed by atoms with Gasteiger partial charge in [0.25, 0.3) is 0 Å². The predicted octanol–water partition coefficient (Wildman–Crippen LogP) is 4.67. The lowest BCUT2D eigenvalue weighted by atomic mass is 10.0. The molecule has 4 heteroatoms. The molecule has 0 amide bonds. The number of hydrogen-bond donors (Lipinski definition) is 0. The molecule has 134 valence electrons. The first kappa shape index (κ1) is 17.3. The molecule has 0 spiro atoms. The van der Waals surface area contributed by atoms with Crippen LogP contribution < -0.4 is 0 Å². The average molecular weight is 366 g/mol. The fraction of sp³-hybridized carbons (Fsp3) is 0.318. The number of hydrogen-bond acceptors (Lipinski definition) is 2. The van der Waals surface area contributed by atoms with E-state index in [1.807, 2.05) is 12.1 Å². The Kier molecular flexibility index (Phi) is 5.09. The van der Waals surface area contributed by atoms with Gasteiger partial charge in [0.1, 0.15) is 0 Å². The SMILES string of the molecule is CCN1CCc2c(-c3ccc(Cl)cc3)nn(Cc3ccccc3)c2CC1. The van der Waals surface area contributed by atoms with E-state index in [1.54, 1.807) is 0 Å². The Morgan fingerprint density at radius 2 is 1.69 bits per heavy atom. The van der Waals surface area contributed by atoms with E-state index in [0.717, 1.165) is 55.3 Å². The Morgan fingerprint density at radius 1 is 0.962 bits per heavy atom. The lowest BCUT2D eigenvalue weighted by molar-refractivity contribution is 0.301. The van der Waals surface area contributed by atoms with Crippen LogP contribution >= 0.6 is 11.6 Å². The second-order valence-corrected chi connectivity index (χ2v) is 7.29. The Hall–Kier alpha value is -2.10. The van der Waals surface area contributed by atoms with Crippen molar-refractivity contribution in [2.45, 2.75) is 26.3 Å². The third-order valence-corrected chi connectivity index (χ3v) is 5.50. The molecule has 4 rings (SSSR count). The lowest BCUT2D eigenvalue weighted by Gasteiger charge is -2.17. The van der Waals surface area contributed by atoms with Crippen molar-refractivity contribution in [2.24, 2.45) is 0 Å². The van der Waals surface area contributed by atoms with Crippen molar-refractivity contribution in [1.29, 1.82) is 0 Å². The highest BCUT2D eigenvalue weighted by molar-refractivity contribution is 6.30. The van der Waals surface area contributed by atoms with Crippen LogP contribution in [0.3, 0.4) is 0 Å². The molecule has 0 atom stereocenters. The molecule has 0 radical (unpaired) electrons. The molecule has 1 aliphatic heterocycles. The minimum absolute atomic E-state index is 0.765. The summed E-state index contributed by atoms with van der Waals surface area (Å²) in [6.07, 6.45) is 2.10. The molecule has 0 saturated heterocycles. The summed E-state index contributed by atoms with van der Waals surface area (Å²) in [6, 6.07) is 18.7. The average Bonchev–Trinajstić information content (AvgIpc) is 2.87. The smallest absolute Gasteiger partial charge is 0.0958 e. The largest absolute Gasteiger partial charge is 0.303 e. The van der Waals surface area contributed by atoms with Gasteiger partial charge in [-0.3, -0.25) is 4.68 Å². The predicted molar refractivity (Wildman–Crippen MR) is 108 cm³/mol. The molecule has 3 nitrogen and oxygen atoms in total. The van der Waals surface area contributed by atoms with Gasteiger partial charge < -0.3 is 4.90 Å². The number of rotatable bonds is 4. The van der Waals surface area contributed by atoms with Crippen LogP contribution in [-0.2, 0) is 19.4 Å². The van der Waals surface area contributed by atoms with Crippen LogP contribution in [0.15, 0.2) is 54.6 Å². The van der Waals surface area contributed by atoms with Crippen molar-refractivity contribution < 1.29 is 0 Å². The molecule has 0 fully saturated rings. The van der Waals surface area contributed by atoms with Gasteiger partial charge in [0.15, 0.2) is 0 Å². The summed E-state index contributed by atoms with van der Waals surface area (Å²) in [7, 11) is 0. The van der Waals surface area contributed by atoms with E-state index in [2.05, 4.69) is 59.0 Å². The van der Waals surface area contributed by atoms with E-state index < -0.39 is 0 Å². The van der Waals surface area contributed by atoms with Crippen LogP contribution in [0.5, 0.6) is 0 Å². The summed E-state index contributed by atoms with van der Waals surface area (Å²) in [4.78, 5) is 2.53. The van der Waals surface area contributed by atoms with Gasteiger partial charge in [-0.05, 0) is 30.7 Å². The molecule has 1 aliphatic rings. The highest BCUT2D eigenvalue weighted by Gasteiger charge is 2.23. The number of aromatic nitrogens is 2. The molecule has 1 aromatic heterocycles. The first-order valence-electron chi connectivity index (χ1n) is 9.35. The maximum absolute atomic E-state index is 6.09. The van der Waals surface area contributed by atoms with Gasteiger partial charge in [0.2, 0.25) is 0 Å². The fourth-order valence-corrected chi connectivity index (χ4v) is 3.89. The van der Waals surface area contributed by atoms with Gasteiger partial charge in [-0.2, -0.15) is 5.10 Å². The molecule has 2 heterocycles. The van der Waals surface area contributed by atoms with Gasteiger partial charge in [0.05, 0.1) is 12.2 Å². The Labute approximate surface area is 160 Å². The molecule has 0 unspecified atom stereocenters. The van der Waals surface area contributed by atoms with E-state index >= 15 is 0 Å². The van der Waals surface area contributed by atoms with Crippen molar-refractivity contribution in [2.75, 3.05) is 19.6 Å². The molecule has 3 aromatic rings. The summed E-state index contributed by atoms with van der Waals surface area (Å²) in [6.45, 7) is 6.37. The summed E-state index contributed by atoms with van der Waals surface area (Å²) < 4.78 is 2.22. The summed E-state index contributed by atoms with van der Waals surface area (Å²) >= 11 is 6.09. The van der Waals surface area contributed by atoms with Crippen molar-refractivity contribution in [1.82, 2.24) is 14.7 Å². The van der Waals surface area contributed by atoms with Crippen LogP contribution in [0, 0.1) is 0 Å². The standard InChI is InChI=1S/C22H24ClN3/c1-2-25-14-12-20-21(13-15-25)26(16-17-6-4-3-5-7-17)24-22(20)18-8-10-19(23)11-9-18/h3-11H,2,12-16H2,1H3. The fourth-order valence-electron chi connectivity index (χ4n) is 3.77.